The van der Waals surface area contributed by atoms with Crippen LogP contribution < -0.4 is 0 Å². The smallest absolute Gasteiger partial charge is 0.226 e. The zero-order chi connectivity index (χ0) is 15.5. The van der Waals surface area contributed by atoms with Gasteiger partial charge in [-0.05, 0) is 31.2 Å². The van der Waals surface area contributed by atoms with Crippen LogP contribution in [0.1, 0.15) is 38.7 Å². The highest BCUT2D eigenvalue weighted by Crippen LogP contribution is 2.28. The van der Waals surface area contributed by atoms with Crippen LogP contribution in [0, 0.1) is 5.92 Å². The van der Waals surface area contributed by atoms with Crippen LogP contribution >= 0.6 is 0 Å². The first-order valence-corrected chi connectivity index (χ1v) is 7.64. The van der Waals surface area contributed by atoms with Crippen molar-refractivity contribution in [1.29, 1.82) is 0 Å². The average Bonchev–Trinajstić information content (AvgIpc) is 2.47. The Morgan fingerprint density at radius 1 is 1.38 bits per heavy atom. The fourth-order valence-corrected chi connectivity index (χ4v) is 3.13. The Morgan fingerprint density at radius 2 is 2.05 bits per heavy atom. The molecule has 3 atom stereocenters. The first kappa shape index (κ1) is 16.0. The third-order valence-corrected chi connectivity index (χ3v) is 4.51. The van der Waals surface area contributed by atoms with E-state index in [1.807, 2.05) is 30.3 Å². The standard InChI is InChI=1S/C17H25NO3/c1-13-7-6-10-18(15(13)12-19)16(20)11-17(2,21)14-8-4-3-5-9-14/h3-5,8-9,13,15,19,21H,6-7,10-12H2,1-2H3/t13-,15+,17-/m1/s1. The molecule has 4 nitrogen and oxygen atoms in total. The van der Waals surface area contributed by atoms with Gasteiger partial charge in [0.2, 0.25) is 5.91 Å². The molecule has 1 aliphatic heterocycles. The van der Waals surface area contributed by atoms with Crippen molar-refractivity contribution in [3.05, 3.63) is 35.9 Å². The lowest BCUT2D eigenvalue weighted by molar-refractivity contribution is -0.142. The van der Waals surface area contributed by atoms with Gasteiger partial charge in [-0.3, -0.25) is 4.79 Å². The summed E-state index contributed by atoms with van der Waals surface area (Å²) in [6.45, 7) is 4.39. The van der Waals surface area contributed by atoms with E-state index in [0.29, 0.717) is 12.5 Å². The summed E-state index contributed by atoms with van der Waals surface area (Å²) in [5, 5.41) is 20.1. The second-order valence-electron chi connectivity index (χ2n) is 6.27. The number of nitrogens with zero attached hydrogens (tertiary/aromatic N) is 1. The predicted octanol–water partition coefficient (Wildman–Crippen LogP) is 1.90. The minimum Gasteiger partial charge on any atom is -0.394 e. The molecule has 0 aliphatic carbocycles. The zero-order valence-corrected chi connectivity index (χ0v) is 12.8. The van der Waals surface area contributed by atoms with Gasteiger partial charge in [0.15, 0.2) is 0 Å². The van der Waals surface area contributed by atoms with Gasteiger partial charge in [0.05, 0.1) is 24.7 Å². The van der Waals surface area contributed by atoms with E-state index >= 15 is 0 Å². The fourth-order valence-electron chi connectivity index (χ4n) is 3.13. The van der Waals surface area contributed by atoms with Crippen molar-refractivity contribution in [1.82, 2.24) is 4.90 Å². The molecule has 0 radical (unpaired) electrons. The topological polar surface area (TPSA) is 60.8 Å². The lowest BCUT2D eigenvalue weighted by atomic mass is 9.88. The number of piperidine rings is 1. The van der Waals surface area contributed by atoms with Crippen LogP contribution in [0.15, 0.2) is 30.3 Å². The minimum absolute atomic E-state index is 0.0135. The van der Waals surface area contributed by atoms with Gasteiger partial charge in [0.1, 0.15) is 0 Å². The summed E-state index contributed by atoms with van der Waals surface area (Å²) in [6, 6.07) is 9.13. The molecular weight excluding hydrogens is 266 g/mol. The highest BCUT2D eigenvalue weighted by Gasteiger charge is 2.35. The maximum atomic E-state index is 12.6. The molecule has 0 unspecified atom stereocenters. The number of likely N-dealkylation sites (tertiary alicyclic amines) is 1. The van der Waals surface area contributed by atoms with Crippen molar-refractivity contribution in [3.63, 3.8) is 0 Å². The summed E-state index contributed by atoms with van der Waals surface area (Å²) in [7, 11) is 0. The molecule has 1 amide bonds. The molecule has 0 spiro atoms. The second kappa shape index (κ2) is 6.58. The molecule has 1 saturated heterocycles. The van der Waals surface area contributed by atoms with Gasteiger partial charge >= 0.3 is 0 Å². The molecule has 2 N–H and O–H groups in total. The van der Waals surface area contributed by atoms with E-state index in [-0.39, 0.29) is 25.0 Å². The summed E-state index contributed by atoms with van der Waals surface area (Å²) in [5.41, 5.74) is -0.442. The summed E-state index contributed by atoms with van der Waals surface area (Å²) >= 11 is 0. The first-order valence-electron chi connectivity index (χ1n) is 7.64. The quantitative estimate of drug-likeness (QED) is 0.891. The molecule has 2 rings (SSSR count). The average molecular weight is 291 g/mol. The Hall–Kier alpha value is -1.39. The van der Waals surface area contributed by atoms with Gasteiger partial charge < -0.3 is 15.1 Å². The summed E-state index contributed by atoms with van der Waals surface area (Å²) in [4.78, 5) is 14.3. The fraction of sp³-hybridized carbons (Fsp3) is 0.588. The Kier molecular flexibility index (Phi) is 5.01. The van der Waals surface area contributed by atoms with Crippen molar-refractivity contribution in [2.75, 3.05) is 13.2 Å². The van der Waals surface area contributed by atoms with E-state index in [2.05, 4.69) is 6.92 Å². The van der Waals surface area contributed by atoms with Crippen LogP contribution in [-0.4, -0.2) is 40.2 Å². The monoisotopic (exact) mass is 291 g/mol. The SMILES string of the molecule is C[C@@H]1CCCN(C(=O)C[C@@](C)(O)c2ccccc2)[C@H]1CO. The van der Waals surface area contributed by atoms with Gasteiger partial charge in [0.25, 0.3) is 0 Å². The lowest BCUT2D eigenvalue weighted by Gasteiger charge is -2.40. The minimum atomic E-state index is -1.18. The molecule has 0 bridgehead atoms. The molecule has 1 aromatic rings. The van der Waals surface area contributed by atoms with E-state index in [9.17, 15) is 15.0 Å². The predicted molar refractivity (Wildman–Crippen MR) is 81.6 cm³/mol. The number of rotatable bonds is 4. The number of benzene rings is 1. The number of amides is 1. The Bertz CT molecular complexity index is 472. The third-order valence-electron chi connectivity index (χ3n) is 4.51. The molecule has 1 heterocycles. The Morgan fingerprint density at radius 3 is 2.67 bits per heavy atom. The number of hydrogen-bond donors (Lipinski definition) is 2. The van der Waals surface area contributed by atoms with Crippen molar-refractivity contribution in [2.45, 2.75) is 44.8 Å². The maximum absolute atomic E-state index is 12.6. The van der Waals surface area contributed by atoms with Crippen LogP contribution in [0.4, 0.5) is 0 Å². The number of carbonyl (C=O) groups is 1. The lowest BCUT2D eigenvalue weighted by Crippen LogP contribution is -2.51. The summed E-state index contributed by atoms with van der Waals surface area (Å²) in [6.07, 6.45) is 2.03. The van der Waals surface area contributed by atoms with Crippen molar-refractivity contribution < 1.29 is 15.0 Å². The van der Waals surface area contributed by atoms with Crippen LogP contribution in [0.2, 0.25) is 0 Å². The molecule has 21 heavy (non-hydrogen) atoms. The van der Waals surface area contributed by atoms with E-state index in [0.717, 1.165) is 18.4 Å². The first-order chi connectivity index (χ1) is 9.95. The highest BCUT2D eigenvalue weighted by atomic mass is 16.3. The van der Waals surface area contributed by atoms with E-state index in [1.165, 1.54) is 0 Å². The van der Waals surface area contributed by atoms with Crippen molar-refractivity contribution >= 4 is 5.91 Å². The Labute approximate surface area is 126 Å². The molecule has 1 fully saturated rings. The van der Waals surface area contributed by atoms with Gasteiger partial charge in [-0.15, -0.1) is 0 Å². The Balaban J connectivity index is 2.09. The maximum Gasteiger partial charge on any atom is 0.226 e. The van der Waals surface area contributed by atoms with Crippen LogP contribution in [-0.2, 0) is 10.4 Å². The zero-order valence-electron chi connectivity index (χ0n) is 12.8. The molecule has 1 aliphatic rings. The number of hydrogen-bond acceptors (Lipinski definition) is 3. The number of aliphatic hydroxyl groups excluding tert-OH is 1. The van der Waals surface area contributed by atoms with E-state index in [1.54, 1.807) is 11.8 Å². The normalized spacial score (nSPS) is 25.4. The van der Waals surface area contributed by atoms with E-state index in [4.69, 9.17) is 0 Å². The molecule has 1 aromatic carbocycles. The largest absolute Gasteiger partial charge is 0.394 e. The number of aliphatic hydroxyl groups is 2. The summed E-state index contributed by atoms with van der Waals surface area (Å²) < 4.78 is 0. The van der Waals surface area contributed by atoms with Crippen LogP contribution in [0.3, 0.4) is 0 Å². The molecular formula is C17H25NO3. The summed E-state index contributed by atoms with van der Waals surface area (Å²) in [5.74, 6) is 0.212. The van der Waals surface area contributed by atoms with Gasteiger partial charge in [-0.1, -0.05) is 37.3 Å². The highest BCUT2D eigenvalue weighted by molar-refractivity contribution is 5.78. The van der Waals surface area contributed by atoms with Crippen molar-refractivity contribution in [3.8, 4) is 0 Å². The van der Waals surface area contributed by atoms with Crippen molar-refractivity contribution in [2.24, 2.45) is 5.92 Å². The molecule has 116 valence electrons. The molecule has 0 aromatic heterocycles. The van der Waals surface area contributed by atoms with E-state index < -0.39 is 5.60 Å². The second-order valence-corrected chi connectivity index (χ2v) is 6.27. The van der Waals surface area contributed by atoms with Gasteiger partial charge in [-0.25, -0.2) is 0 Å². The molecule has 0 saturated carbocycles. The third kappa shape index (κ3) is 3.63. The van der Waals surface area contributed by atoms with Crippen LogP contribution in [0.5, 0.6) is 0 Å². The van der Waals surface area contributed by atoms with Gasteiger partial charge in [0, 0.05) is 6.54 Å². The van der Waals surface area contributed by atoms with Crippen LogP contribution in [0.25, 0.3) is 0 Å². The number of carbonyl (C=O) groups excluding carboxylic acids is 1. The van der Waals surface area contributed by atoms with Gasteiger partial charge in [-0.2, -0.15) is 0 Å². The molecule has 4 heteroatoms.